The van der Waals surface area contributed by atoms with Crippen molar-refractivity contribution in [3.8, 4) is 22.6 Å². The van der Waals surface area contributed by atoms with E-state index in [4.69, 9.17) is 4.74 Å². The van der Waals surface area contributed by atoms with Crippen molar-refractivity contribution >= 4 is 33.1 Å². The number of benzene rings is 2. The van der Waals surface area contributed by atoms with Crippen molar-refractivity contribution in [2.75, 3.05) is 7.05 Å². The Morgan fingerprint density at radius 3 is 2.35 bits per heavy atom. The van der Waals surface area contributed by atoms with Crippen LogP contribution in [0.2, 0.25) is 0 Å². The van der Waals surface area contributed by atoms with Gasteiger partial charge in [-0.3, -0.25) is 14.4 Å². The molecule has 2 aromatic carbocycles. The van der Waals surface area contributed by atoms with Gasteiger partial charge in [0.05, 0.1) is 4.88 Å². The number of nitrogens with zero attached hydrogens (tertiary/aromatic N) is 1. The number of Topliss-reactive ketones (excluding diaryl/α,β-unsaturated/α-hetero) is 1. The van der Waals surface area contributed by atoms with Gasteiger partial charge in [-0.15, -0.1) is 11.3 Å². The highest BCUT2D eigenvalue weighted by Crippen LogP contribution is 2.40. The van der Waals surface area contributed by atoms with Gasteiger partial charge in [-0.2, -0.15) is 0 Å². The van der Waals surface area contributed by atoms with E-state index in [2.05, 4.69) is 5.32 Å². The van der Waals surface area contributed by atoms with E-state index >= 15 is 0 Å². The Morgan fingerprint density at radius 2 is 1.74 bits per heavy atom. The molecular weight excluding hydrogens is 455 g/mol. The zero-order valence-corrected chi connectivity index (χ0v) is 20.2. The van der Waals surface area contributed by atoms with Gasteiger partial charge in [0, 0.05) is 42.4 Å². The second-order valence-electron chi connectivity index (χ2n) is 8.13. The number of aryl methyl sites for hydroxylation is 3. The smallest absolute Gasteiger partial charge is 0.268 e. The maximum atomic E-state index is 13.8. The van der Waals surface area contributed by atoms with E-state index < -0.39 is 0 Å². The van der Waals surface area contributed by atoms with Crippen LogP contribution in [0.1, 0.15) is 38.1 Å². The van der Waals surface area contributed by atoms with E-state index in [0.717, 1.165) is 11.3 Å². The van der Waals surface area contributed by atoms with Crippen LogP contribution >= 0.6 is 11.3 Å². The number of amides is 1. The minimum atomic E-state index is -0.353. The molecule has 0 saturated heterocycles. The fourth-order valence-corrected chi connectivity index (χ4v) is 5.00. The zero-order valence-electron chi connectivity index (χ0n) is 19.4. The average Bonchev–Trinajstić information content (AvgIpc) is 3.24. The molecule has 2 heterocycles. The number of ether oxygens (including phenoxy) is 1. The van der Waals surface area contributed by atoms with Crippen molar-refractivity contribution in [1.82, 2.24) is 9.88 Å². The van der Waals surface area contributed by atoms with Crippen LogP contribution in [0, 0.1) is 19.7 Å². The Kier molecular flexibility index (Phi) is 6.10. The fraction of sp³-hybridized carbons (Fsp3) is 0.192. The standard InChI is InChI=1S/C26H23FN2O4S/c1-13-8-17(27)9-14(2)23(13)33-21-7-6-16(15(3)30)10-18(21)20-12-29(5)26(32)24-19(20)11-22(34-24)25(31)28-4/h6-12H,1-5H3,(H,28,31). The van der Waals surface area contributed by atoms with Crippen molar-refractivity contribution in [3.63, 3.8) is 0 Å². The van der Waals surface area contributed by atoms with Gasteiger partial charge in [0.1, 0.15) is 22.0 Å². The normalized spacial score (nSPS) is 11.0. The molecule has 0 unspecified atom stereocenters. The van der Waals surface area contributed by atoms with Crippen molar-refractivity contribution in [2.45, 2.75) is 20.8 Å². The van der Waals surface area contributed by atoms with Crippen LogP contribution in [0.15, 0.2) is 47.4 Å². The van der Waals surface area contributed by atoms with Crippen LogP contribution < -0.4 is 15.6 Å². The Bertz CT molecular complexity index is 1510. The molecule has 0 saturated carbocycles. The lowest BCUT2D eigenvalue weighted by molar-refractivity contribution is 0.0965. The summed E-state index contributed by atoms with van der Waals surface area (Å²) < 4.78 is 22.0. The van der Waals surface area contributed by atoms with E-state index in [0.29, 0.717) is 54.3 Å². The number of carbonyl (C=O) groups is 2. The number of carbonyl (C=O) groups excluding carboxylic acids is 2. The summed E-state index contributed by atoms with van der Waals surface area (Å²) in [6.45, 7) is 4.99. The van der Waals surface area contributed by atoms with Crippen LogP contribution in [-0.2, 0) is 7.05 Å². The van der Waals surface area contributed by atoms with Crippen LogP contribution in [0.4, 0.5) is 4.39 Å². The zero-order chi connectivity index (χ0) is 24.7. The number of fused-ring (bicyclic) bond motifs is 1. The summed E-state index contributed by atoms with van der Waals surface area (Å²) >= 11 is 1.11. The van der Waals surface area contributed by atoms with Crippen molar-refractivity contribution in [1.29, 1.82) is 0 Å². The number of aromatic nitrogens is 1. The summed E-state index contributed by atoms with van der Waals surface area (Å²) in [6, 6.07) is 9.53. The largest absolute Gasteiger partial charge is 0.456 e. The molecule has 0 radical (unpaired) electrons. The van der Waals surface area contributed by atoms with Gasteiger partial charge in [0.15, 0.2) is 5.78 Å². The van der Waals surface area contributed by atoms with Gasteiger partial charge in [0.2, 0.25) is 0 Å². The number of ketones is 1. The lowest BCUT2D eigenvalue weighted by Gasteiger charge is -2.17. The highest BCUT2D eigenvalue weighted by Gasteiger charge is 2.20. The highest BCUT2D eigenvalue weighted by molar-refractivity contribution is 7.20. The molecule has 2 aromatic heterocycles. The molecule has 0 aliphatic carbocycles. The molecule has 4 aromatic rings. The first kappa shape index (κ1) is 23.4. The van der Waals surface area contributed by atoms with E-state index in [1.807, 2.05) is 0 Å². The van der Waals surface area contributed by atoms with Crippen LogP contribution in [0.25, 0.3) is 21.2 Å². The Labute approximate surface area is 199 Å². The topological polar surface area (TPSA) is 77.4 Å². The SMILES string of the molecule is CNC(=O)c1cc2c(-c3cc(C(C)=O)ccc3Oc3c(C)cc(F)cc3C)cn(C)c(=O)c2s1. The Balaban J connectivity index is 2.00. The number of nitrogens with one attached hydrogen (secondary N) is 1. The number of hydrogen-bond acceptors (Lipinski definition) is 5. The molecule has 0 atom stereocenters. The van der Waals surface area contributed by atoms with Gasteiger partial charge in [0.25, 0.3) is 11.5 Å². The number of halogens is 1. The number of pyridine rings is 1. The summed E-state index contributed by atoms with van der Waals surface area (Å²) in [6.07, 6.45) is 1.67. The summed E-state index contributed by atoms with van der Waals surface area (Å²) in [4.78, 5) is 37.7. The Hall–Kier alpha value is -3.78. The molecular formula is C26H23FN2O4S. The Morgan fingerprint density at radius 1 is 1.06 bits per heavy atom. The molecule has 6 nitrogen and oxygen atoms in total. The van der Waals surface area contributed by atoms with Gasteiger partial charge in [-0.25, -0.2) is 4.39 Å². The minimum Gasteiger partial charge on any atom is -0.456 e. The van der Waals surface area contributed by atoms with Crippen LogP contribution in [0.5, 0.6) is 11.5 Å². The van der Waals surface area contributed by atoms with Gasteiger partial charge < -0.3 is 14.6 Å². The maximum Gasteiger partial charge on any atom is 0.268 e. The molecule has 174 valence electrons. The second-order valence-corrected chi connectivity index (χ2v) is 9.18. The summed E-state index contributed by atoms with van der Waals surface area (Å²) in [5.74, 6) is 0.181. The van der Waals surface area contributed by atoms with Crippen molar-refractivity contribution < 1.29 is 18.7 Å². The fourth-order valence-electron chi connectivity index (χ4n) is 3.90. The molecule has 0 fully saturated rings. The van der Waals surface area contributed by atoms with Gasteiger partial charge in [-0.05, 0) is 68.3 Å². The summed E-state index contributed by atoms with van der Waals surface area (Å²) in [7, 11) is 3.16. The predicted molar refractivity (Wildman–Crippen MR) is 132 cm³/mol. The highest BCUT2D eigenvalue weighted by atomic mass is 32.1. The molecule has 1 amide bonds. The molecule has 0 spiro atoms. The number of hydrogen-bond donors (Lipinski definition) is 1. The molecule has 0 bridgehead atoms. The predicted octanol–water partition coefficient (Wildman–Crippen LogP) is 5.38. The van der Waals surface area contributed by atoms with E-state index in [9.17, 15) is 18.8 Å². The summed E-state index contributed by atoms with van der Waals surface area (Å²) in [5, 5.41) is 3.17. The first-order chi connectivity index (χ1) is 16.1. The average molecular weight is 479 g/mol. The van der Waals surface area contributed by atoms with Crippen LogP contribution in [0.3, 0.4) is 0 Å². The lowest BCUT2D eigenvalue weighted by Crippen LogP contribution is -2.16. The monoisotopic (exact) mass is 478 g/mol. The maximum absolute atomic E-state index is 13.8. The molecule has 1 N–H and O–H groups in total. The minimum absolute atomic E-state index is 0.126. The molecule has 4 rings (SSSR count). The number of thiophene rings is 1. The van der Waals surface area contributed by atoms with Crippen LogP contribution in [-0.4, -0.2) is 23.3 Å². The molecule has 0 aliphatic heterocycles. The van der Waals surface area contributed by atoms with E-state index in [1.165, 1.54) is 30.7 Å². The number of rotatable bonds is 5. The second kappa shape index (κ2) is 8.87. The molecule has 0 aliphatic rings. The third-order valence-electron chi connectivity index (χ3n) is 5.62. The van der Waals surface area contributed by atoms with Crippen molar-refractivity contribution in [2.24, 2.45) is 7.05 Å². The van der Waals surface area contributed by atoms with Gasteiger partial charge >= 0.3 is 0 Å². The third-order valence-corrected chi connectivity index (χ3v) is 6.75. The van der Waals surface area contributed by atoms with Crippen molar-refractivity contribution in [3.05, 3.63) is 80.3 Å². The lowest BCUT2D eigenvalue weighted by atomic mass is 9.99. The first-order valence-electron chi connectivity index (χ1n) is 10.6. The van der Waals surface area contributed by atoms with E-state index in [-0.39, 0.29) is 23.1 Å². The first-order valence-corrected chi connectivity index (χ1v) is 11.4. The third kappa shape index (κ3) is 4.12. The summed E-state index contributed by atoms with van der Waals surface area (Å²) in [5.41, 5.74) is 2.72. The molecule has 34 heavy (non-hydrogen) atoms. The van der Waals surface area contributed by atoms with E-state index in [1.54, 1.807) is 51.4 Å². The quantitative estimate of drug-likeness (QED) is 0.391. The van der Waals surface area contributed by atoms with Gasteiger partial charge in [-0.1, -0.05) is 0 Å². The molecule has 8 heteroatoms.